The van der Waals surface area contributed by atoms with Crippen molar-refractivity contribution >= 4 is 29.4 Å². The summed E-state index contributed by atoms with van der Waals surface area (Å²) in [4.78, 5) is 22.8. The van der Waals surface area contributed by atoms with Crippen LogP contribution in [0.3, 0.4) is 0 Å². The SMILES string of the molecule is CN(C)Cc1ccccc1Sc1ccccc1N.O=C(O)C(=O)O. The minimum Gasteiger partial charge on any atom is -0.473 e. The quantitative estimate of drug-likeness (QED) is 0.576. The minimum absolute atomic E-state index is 0.835. The van der Waals surface area contributed by atoms with Crippen LogP contribution in [0.5, 0.6) is 0 Å². The molecule has 2 aromatic carbocycles. The molecule has 6 nitrogen and oxygen atoms in total. The average molecular weight is 348 g/mol. The molecule has 0 aliphatic rings. The number of anilines is 1. The number of benzene rings is 2. The Labute approximate surface area is 144 Å². The van der Waals surface area contributed by atoms with Crippen molar-refractivity contribution in [2.24, 2.45) is 0 Å². The second-order valence-electron chi connectivity index (χ2n) is 5.10. The minimum atomic E-state index is -1.82. The molecule has 128 valence electrons. The Bertz CT molecular complexity index is 692. The molecule has 0 unspecified atom stereocenters. The van der Waals surface area contributed by atoms with Gasteiger partial charge in [-0.05, 0) is 37.9 Å². The van der Waals surface area contributed by atoms with Crippen LogP contribution in [0.4, 0.5) is 5.69 Å². The molecule has 7 heteroatoms. The lowest BCUT2D eigenvalue weighted by molar-refractivity contribution is -0.159. The van der Waals surface area contributed by atoms with E-state index in [1.807, 2.05) is 18.2 Å². The van der Waals surface area contributed by atoms with Gasteiger partial charge in [-0.25, -0.2) is 9.59 Å². The molecule has 0 atom stereocenters. The number of rotatable bonds is 4. The van der Waals surface area contributed by atoms with Gasteiger partial charge in [-0.2, -0.15) is 0 Å². The molecule has 0 bridgehead atoms. The molecule has 0 aliphatic carbocycles. The number of nitrogens with zero attached hydrogens (tertiary/aromatic N) is 1. The van der Waals surface area contributed by atoms with Crippen LogP contribution < -0.4 is 5.73 Å². The fourth-order valence-corrected chi connectivity index (χ4v) is 2.75. The molecule has 0 aromatic heterocycles. The van der Waals surface area contributed by atoms with Gasteiger partial charge in [0, 0.05) is 22.0 Å². The highest BCUT2D eigenvalue weighted by atomic mass is 32.2. The van der Waals surface area contributed by atoms with Gasteiger partial charge in [0.1, 0.15) is 0 Å². The normalized spacial score (nSPS) is 9.96. The van der Waals surface area contributed by atoms with Gasteiger partial charge in [-0.3, -0.25) is 0 Å². The molecule has 0 saturated heterocycles. The van der Waals surface area contributed by atoms with Crippen LogP contribution >= 0.6 is 11.8 Å². The monoisotopic (exact) mass is 348 g/mol. The topological polar surface area (TPSA) is 104 Å². The summed E-state index contributed by atoms with van der Waals surface area (Å²) in [6, 6.07) is 16.5. The number of para-hydroxylation sites is 1. The Kier molecular flexibility index (Phi) is 7.81. The molecule has 0 fully saturated rings. The molecular formula is C17H20N2O4S. The van der Waals surface area contributed by atoms with E-state index in [0.29, 0.717) is 0 Å². The fourth-order valence-electron chi connectivity index (χ4n) is 1.77. The molecule has 0 radical (unpaired) electrons. The molecule has 0 spiro atoms. The summed E-state index contributed by atoms with van der Waals surface area (Å²) in [7, 11) is 4.16. The maximum Gasteiger partial charge on any atom is 0.414 e. The Morgan fingerprint density at radius 2 is 1.46 bits per heavy atom. The number of carbonyl (C=O) groups is 2. The smallest absolute Gasteiger partial charge is 0.414 e. The molecule has 2 aromatic rings. The maximum absolute atomic E-state index is 9.10. The first-order valence-corrected chi connectivity index (χ1v) is 7.84. The Morgan fingerprint density at radius 1 is 0.958 bits per heavy atom. The van der Waals surface area contributed by atoms with Crippen molar-refractivity contribution in [2.45, 2.75) is 16.3 Å². The molecule has 0 saturated carbocycles. The van der Waals surface area contributed by atoms with Crippen LogP contribution in [-0.4, -0.2) is 41.1 Å². The second kappa shape index (κ2) is 9.59. The zero-order valence-corrected chi connectivity index (χ0v) is 14.3. The summed E-state index contributed by atoms with van der Waals surface area (Å²) in [6.07, 6.45) is 0. The Morgan fingerprint density at radius 3 is 1.96 bits per heavy atom. The van der Waals surface area contributed by atoms with E-state index >= 15 is 0 Å². The van der Waals surface area contributed by atoms with Gasteiger partial charge in [0.2, 0.25) is 0 Å². The van der Waals surface area contributed by atoms with Gasteiger partial charge in [0.15, 0.2) is 0 Å². The van der Waals surface area contributed by atoms with E-state index in [4.69, 9.17) is 25.5 Å². The van der Waals surface area contributed by atoms with Crippen LogP contribution in [-0.2, 0) is 16.1 Å². The van der Waals surface area contributed by atoms with Crippen molar-refractivity contribution in [1.82, 2.24) is 4.90 Å². The highest BCUT2D eigenvalue weighted by Gasteiger charge is 2.06. The van der Waals surface area contributed by atoms with Crippen molar-refractivity contribution in [1.29, 1.82) is 0 Å². The van der Waals surface area contributed by atoms with E-state index in [9.17, 15) is 0 Å². The number of nitrogens with two attached hydrogens (primary N) is 1. The summed E-state index contributed by atoms with van der Waals surface area (Å²) in [6.45, 7) is 0.940. The molecule has 0 aliphatic heterocycles. The Hall–Kier alpha value is -2.51. The van der Waals surface area contributed by atoms with Crippen LogP contribution in [0.15, 0.2) is 58.3 Å². The van der Waals surface area contributed by atoms with Crippen molar-refractivity contribution in [3.05, 3.63) is 54.1 Å². The van der Waals surface area contributed by atoms with E-state index < -0.39 is 11.9 Å². The molecule has 2 rings (SSSR count). The summed E-state index contributed by atoms with van der Waals surface area (Å²) >= 11 is 1.73. The van der Waals surface area contributed by atoms with E-state index in [1.54, 1.807) is 11.8 Å². The first kappa shape index (κ1) is 19.5. The third kappa shape index (κ3) is 6.72. The van der Waals surface area contributed by atoms with Crippen molar-refractivity contribution in [3.63, 3.8) is 0 Å². The lowest BCUT2D eigenvalue weighted by atomic mass is 10.2. The predicted octanol–water partition coefficient (Wildman–Crippen LogP) is 2.64. The maximum atomic E-state index is 9.10. The highest BCUT2D eigenvalue weighted by molar-refractivity contribution is 7.99. The zero-order chi connectivity index (χ0) is 18.1. The van der Waals surface area contributed by atoms with Gasteiger partial charge in [0.05, 0.1) is 0 Å². The van der Waals surface area contributed by atoms with Crippen LogP contribution in [0.25, 0.3) is 0 Å². The summed E-state index contributed by atoms with van der Waals surface area (Å²) in [5.41, 5.74) is 8.15. The molecule has 0 heterocycles. The molecule has 0 amide bonds. The van der Waals surface area contributed by atoms with Crippen LogP contribution in [0.1, 0.15) is 5.56 Å². The van der Waals surface area contributed by atoms with Gasteiger partial charge in [-0.15, -0.1) is 0 Å². The fraction of sp³-hybridized carbons (Fsp3) is 0.176. The third-order valence-corrected chi connectivity index (χ3v) is 3.99. The number of aliphatic carboxylic acids is 2. The van der Waals surface area contributed by atoms with Gasteiger partial charge in [-0.1, -0.05) is 42.1 Å². The summed E-state index contributed by atoms with van der Waals surface area (Å²) in [5, 5.41) is 14.8. The number of carboxylic acid groups (broad SMARTS) is 2. The second-order valence-corrected chi connectivity index (χ2v) is 6.18. The number of hydrogen-bond acceptors (Lipinski definition) is 5. The van der Waals surface area contributed by atoms with Crippen LogP contribution in [0.2, 0.25) is 0 Å². The number of carboxylic acids is 2. The predicted molar refractivity (Wildman–Crippen MR) is 94.1 cm³/mol. The first-order chi connectivity index (χ1) is 11.3. The first-order valence-electron chi connectivity index (χ1n) is 7.02. The molecule has 24 heavy (non-hydrogen) atoms. The van der Waals surface area contributed by atoms with E-state index in [1.165, 1.54) is 10.5 Å². The van der Waals surface area contributed by atoms with Crippen molar-refractivity contribution in [3.8, 4) is 0 Å². The lowest BCUT2D eigenvalue weighted by Gasteiger charge is -2.14. The highest BCUT2D eigenvalue weighted by Crippen LogP contribution is 2.34. The standard InChI is InChI=1S/C15H18N2S.C2H2O4/c1-17(2)11-12-7-3-5-9-14(12)18-15-10-6-4-8-13(15)16;3-1(4)2(5)6/h3-10H,11,16H2,1-2H3;(H,3,4)(H,5,6). The third-order valence-electron chi connectivity index (χ3n) is 2.78. The zero-order valence-electron chi connectivity index (χ0n) is 13.5. The van der Waals surface area contributed by atoms with Crippen molar-refractivity contribution < 1.29 is 19.8 Å². The van der Waals surface area contributed by atoms with E-state index in [0.717, 1.165) is 17.1 Å². The summed E-state index contributed by atoms with van der Waals surface area (Å²) < 4.78 is 0. The lowest BCUT2D eigenvalue weighted by Crippen LogP contribution is -2.11. The van der Waals surface area contributed by atoms with E-state index in [2.05, 4.69) is 49.3 Å². The number of hydrogen-bond donors (Lipinski definition) is 3. The van der Waals surface area contributed by atoms with Gasteiger partial charge in [0.25, 0.3) is 0 Å². The largest absolute Gasteiger partial charge is 0.473 e. The Balaban J connectivity index is 0.000000413. The van der Waals surface area contributed by atoms with Crippen LogP contribution in [0, 0.1) is 0 Å². The molecule has 4 N–H and O–H groups in total. The average Bonchev–Trinajstić information content (AvgIpc) is 2.51. The molecular weight excluding hydrogens is 328 g/mol. The van der Waals surface area contributed by atoms with Gasteiger partial charge >= 0.3 is 11.9 Å². The van der Waals surface area contributed by atoms with Crippen molar-refractivity contribution in [2.75, 3.05) is 19.8 Å². The number of nitrogen functional groups attached to an aromatic ring is 1. The van der Waals surface area contributed by atoms with Gasteiger partial charge < -0.3 is 20.8 Å². The summed E-state index contributed by atoms with van der Waals surface area (Å²) in [5.74, 6) is -3.65. The van der Waals surface area contributed by atoms with E-state index in [-0.39, 0.29) is 0 Å².